The summed E-state index contributed by atoms with van der Waals surface area (Å²) < 4.78 is 5.87. The van der Waals surface area contributed by atoms with Crippen molar-refractivity contribution in [2.24, 2.45) is 0 Å². The Labute approximate surface area is 124 Å². The minimum absolute atomic E-state index is 0.569. The maximum absolute atomic E-state index is 5.86. The van der Waals surface area contributed by atoms with E-state index in [0.717, 1.165) is 16.7 Å². The fraction of sp³-hybridized carbons (Fsp3) is 0.143. The van der Waals surface area contributed by atoms with E-state index in [4.69, 9.17) is 10.4 Å². The van der Waals surface area contributed by atoms with Crippen molar-refractivity contribution in [1.29, 1.82) is 0 Å². The zero-order valence-electron chi connectivity index (χ0n) is 10.9. The van der Waals surface area contributed by atoms with Crippen LogP contribution in [0.3, 0.4) is 0 Å². The van der Waals surface area contributed by atoms with Gasteiger partial charge in [0.25, 0.3) is 0 Å². The number of fused-ring (bicyclic) bond motifs is 1. The van der Waals surface area contributed by atoms with Crippen molar-refractivity contribution < 1.29 is 4.63 Å². The first-order valence-corrected chi connectivity index (χ1v) is 6.91. The van der Waals surface area contributed by atoms with Crippen LogP contribution in [0.15, 0.2) is 45.5 Å². The summed E-state index contributed by atoms with van der Waals surface area (Å²) in [4.78, 5) is 2.09. The molecule has 0 aliphatic heterocycles. The maximum Gasteiger partial charge on any atom is 0.160 e. The van der Waals surface area contributed by atoms with Crippen molar-refractivity contribution in [2.75, 3.05) is 17.7 Å². The number of anilines is 2. The molecule has 1 aromatic heterocycles. The molecule has 20 heavy (non-hydrogen) atoms. The average Bonchev–Trinajstić information content (AvgIpc) is 2.92. The van der Waals surface area contributed by atoms with Crippen molar-refractivity contribution >= 4 is 38.3 Å². The third kappa shape index (κ3) is 2.22. The molecule has 0 bridgehead atoms. The molecule has 0 saturated heterocycles. The molecular formula is C14H13BrN4O. The largest absolute Gasteiger partial charge is 0.397 e. The van der Waals surface area contributed by atoms with Gasteiger partial charge in [-0.3, -0.25) is 0 Å². The number of benzene rings is 2. The molecule has 1 heterocycles. The van der Waals surface area contributed by atoms with Gasteiger partial charge in [0.05, 0.1) is 11.4 Å². The van der Waals surface area contributed by atoms with E-state index in [1.54, 1.807) is 0 Å². The van der Waals surface area contributed by atoms with Crippen LogP contribution < -0.4 is 10.6 Å². The molecule has 0 fully saturated rings. The van der Waals surface area contributed by atoms with Gasteiger partial charge < -0.3 is 10.6 Å². The van der Waals surface area contributed by atoms with Crippen LogP contribution in [0.25, 0.3) is 11.0 Å². The van der Waals surface area contributed by atoms with Crippen LogP contribution in [-0.2, 0) is 6.54 Å². The Kier molecular flexibility index (Phi) is 3.31. The minimum Gasteiger partial charge on any atom is -0.397 e. The number of hydrogen-bond donors (Lipinski definition) is 1. The van der Waals surface area contributed by atoms with Crippen molar-refractivity contribution in [2.45, 2.75) is 6.54 Å². The number of nitrogens with two attached hydrogens (primary N) is 1. The lowest BCUT2D eigenvalue weighted by Gasteiger charge is -2.20. The van der Waals surface area contributed by atoms with E-state index in [1.807, 2.05) is 37.4 Å². The van der Waals surface area contributed by atoms with Crippen LogP contribution in [0, 0.1) is 0 Å². The predicted molar refractivity (Wildman–Crippen MR) is 82.5 cm³/mol. The van der Waals surface area contributed by atoms with E-state index in [2.05, 4.69) is 37.2 Å². The summed E-state index contributed by atoms with van der Waals surface area (Å²) in [6, 6.07) is 11.9. The Balaban J connectivity index is 1.97. The van der Waals surface area contributed by atoms with Gasteiger partial charge in [-0.05, 0) is 34.1 Å². The Morgan fingerprint density at radius 2 is 1.90 bits per heavy atom. The standard InChI is InChI=1S/C14H13BrN4O/c1-19(8-9-4-2-3-5-10(9)15)12-7-6-11(16)13-14(12)18-20-17-13/h2-7H,8,16H2,1H3. The number of nitrogens with zero attached hydrogens (tertiary/aromatic N) is 3. The van der Waals surface area contributed by atoms with Gasteiger partial charge in [-0.25, -0.2) is 4.63 Å². The van der Waals surface area contributed by atoms with Crippen molar-refractivity contribution in [3.05, 3.63) is 46.4 Å². The smallest absolute Gasteiger partial charge is 0.160 e. The highest BCUT2D eigenvalue weighted by Gasteiger charge is 2.14. The number of hydrogen-bond acceptors (Lipinski definition) is 5. The monoisotopic (exact) mass is 332 g/mol. The van der Waals surface area contributed by atoms with Crippen LogP contribution in [0.4, 0.5) is 11.4 Å². The molecular weight excluding hydrogens is 320 g/mol. The molecule has 0 unspecified atom stereocenters. The quantitative estimate of drug-likeness (QED) is 0.746. The number of aromatic nitrogens is 2. The summed E-state index contributed by atoms with van der Waals surface area (Å²) in [6.07, 6.45) is 0. The summed E-state index contributed by atoms with van der Waals surface area (Å²) in [6.45, 7) is 0.743. The first kappa shape index (κ1) is 12.9. The normalized spacial score (nSPS) is 10.9. The molecule has 0 aliphatic rings. The van der Waals surface area contributed by atoms with E-state index in [0.29, 0.717) is 16.7 Å². The molecule has 102 valence electrons. The van der Waals surface area contributed by atoms with Crippen LogP contribution in [0.1, 0.15) is 5.56 Å². The SMILES string of the molecule is CN(Cc1ccccc1Br)c1ccc(N)c2nonc12. The van der Waals surface area contributed by atoms with Gasteiger partial charge in [0.2, 0.25) is 0 Å². The van der Waals surface area contributed by atoms with Crippen LogP contribution in [-0.4, -0.2) is 17.4 Å². The second-order valence-electron chi connectivity index (χ2n) is 4.58. The molecule has 6 heteroatoms. The lowest BCUT2D eigenvalue weighted by atomic mass is 10.2. The Morgan fingerprint density at radius 1 is 1.15 bits per heavy atom. The molecule has 0 aliphatic carbocycles. The van der Waals surface area contributed by atoms with Crippen LogP contribution in [0.2, 0.25) is 0 Å². The van der Waals surface area contributed by atoms with E-state index in [1.165, 1.54) is 5.56 Å². The fourth-order valence-electron chi connectivity index (χ4n) is 2.15. The summed E-state index contributed by atoms with van der Waals surface area (Å²) >= 11 is 3.56. The topological polar surface area (TPSA) is 68.2 Å². The Bertz CT molecular complexity index is 756. The van der Waals surface area contributed by atoms with E-state index in [9.17, 15) is 0 Å². The second kappa shape index (κ2) is 5.13. The third-order valence-electron chi connectivity index (χ3n) is 3.20. The Hall–Kier alpha value is -2.08. The Morgan fingerprint density at radius 3 is 2.70 bits per heavy atom. The first-order valence-electron chi connectivity index (χ1n) is 6.12. The summed E-state index contributed by atoms with van der Waals surface area (Å²) in [5.74, 6) is 0. The number of halogens is 1. The molecule has 2 aromatic carbocycles. The third-order valence-corrected chi connectivity index (χ3v) is 3.98. The molecule has 0 saturated carbocycles. The highest BCUT2D eigenvalue weighted by Crippen LogP contribution is 2.29. The first-order chi connectivity index (χ1) is 9.66. The molecule has 3 rings (SSSR count). The maximum atomic E-state index is 5.86. The van der Waals surface area contributed by atoms with Gasteiger partial charge in [-0.15, -0.1) is 0 Å². The van der Waals surface area contributed by atoms with E-state index in [-0.39, 0.29) is 0 Å². The molecule has 2 N–H and O–H groups in total. The summed E-state index contributed by atoms with van der Waals surface area (Å²) in [5, 5.41) is 7.78. The average molecular weight is 333 g/mol. The molecule has 0 atom stereocenters. The van der Waals surface area contributed by atoms with Crippen molar-refractivity contribution in [1.82, 2.24) is 10.3 Å². The van der Waals surface area contributed by atoms with E-state index >= 15 is 0 Å². The van der Waals surface area contributed by atoms with Crippen molar-refractivity contribution in [3.8, 4) is 0 Å². The predicted octanol–water partition coefficient (Wildman–Crippen LogP) is 3.20. The lowest BCUT2D eigenvalue weighted by Crippen LogP contribution is -2.17. The number of nitrogen functional groups attached to an aromatic ring is 1. The highest BCUT2D eigenvalue weighted by molar-refractivity contribution is 9.10. The lowest BCUT2D eigenvalue weighted by molar-refractivity contribution is 0.315. The molecule has 0 spiro atoms. The van der Waals surface area contributed by atoms with Crippen LogP contribution >= 0.6 is 15.9 Å². The van der Waals surface area contributed by atoms with Crippen LogP contribution in [0.5, 0.6) is 0 Å². The molecule has 0 amide bonds. The van der Waals surface area contributed by atoms with Gasteiger partial charge in [-0.1, -0.05) is 34.1 Å². The van der Waals surface area contributed by atoms with Gasteiger partial charge in [-0.2, -0.15) is 0 Å². The molecule has 0 radical (unpaired) electrons. The zero-order chi connectivity index (χ0) is 14.1. The van der Waals surface area contributed by atoms with Gasteiger partial charge in [0.1, 0.15) is 0 Å². The second-order valence-corrected chi connectivity index (χ2v) is 5.44. The highest BCUT2D eigenvalue weighted by atomic mass is 79.9. The minimum atomic E-state index is 0.569. The zero-order valence-corrected chi connectivity index (χ0v) is 12.5. The molecule has 5 nitrogen and oxygen atoms in total. The molecule has 3 aromatic rings. The summed E-state index contributed by atoms with van der Waals surface area (Å²) in [5.41, 5.74) is 9.83. The van der Waals surface area contributed by atoms with E-state index < -0.39 is 0 Å². The fourth-order valence-corrected chi connectivity index (χ4v) is 2.56. The van der Waals surface area contributed by atoms with Crippen molar-refractivity contribution in [3.63, 3.8) is 0 Å². The van der Waals surface area contributed by atoms with Gasteiger partial charge in [0.15, 0.2) is 11.0 Å². The van der Waals surface area contributed by atoms with Gasteiger partial charge >= 0.3 is 0 Å². The number of rotatable bonds is 3. The summed E-state index contributed by atoms with van der Waals surface area (Å²) in [7, 11) is 2.00. The van der Waals surface area contributed by atoms with Gasteiger partial charge in [0, 0.05) is 18.1 Å².